The van der Waals surface area contributed by atoms with Crippen LogP contribution >= 0.6 is 0 Å². The molecule has 1 N–H and O–H groups in total. The summed E-state index contributed by atoms with van der Waals surface area (Å²) in [4.78, 5) is 36.5. The highest BCUT2D eigenvalue weighted by molar-refractivity contribution is 5.92. The van der Waals surface area contributed by atoms with Crippen molar-refractivity contribution in [2.24, 2.45) is 0 Å². The normalized spacial score (nSPS) is 14.8. The second kappa shape index (κ2) is 11.5. The molecule has 2 rings (SSSR count). The molecule has 2 amide bonds. The van der Waals surface area contributed by atoms with E-state index in [1.54, 1.807) is 4.90 Å². The van der Waals surface area contributed by atoms with E-state index in [1.165, 1.54) is 18.6 Å². The van der Waals surface area contributed by atoms with Gasteiger partial charge in [-0.05, 0) is 19.4 Å². The van der Waals surface area contributed by atoms with Gasteiger partial charge >= 0.3 is 0 Å². The predicted molar refractivity (Wildman–Crippen MR) is 97.7 cm³/mol. The number of aromatic nitrogens is 2. The topological polar surface area (TPSA) is 87.7 Å². The van der Waals surface area contributed by atoms with Crippen LogP contribution in [-0.4, -0.2) is 84.1 Å². The summed E-state index contributed by atoms with van der Waals surface area (Å²) in [5.74, 6) is -0.208. The minimum Gasteiger partial charge on any atom is -0.379 e. The van der Waals surface area contributed by atoms with Crippen LogP contribution in [0.4, 0.5) is 0 Å². The van der Waals surface area contributed by atoms with Crippen molar-refractivity contribution in [1.29, 1.82) is 0 Å². The van der Waals surface area contributed by atoms with Crippen LogP contribution < -0.4 is 5.32 Å². The molecular weight excluding hydrogens is 334 g/mol. The van der Waals surface area contributed by atoms with E-state index in [0.29, 0.717) is 31.7 Å². The van der Waals surface area contributed by atoms with Crippen molar-refractivity contribution in [2.75, 3.05) is 52.5 Å². The van der Waals surface area contributed by atoms with Crippen LogP contribution in [0.5, 0.6) is 0 Å². The van der Waals surface area contributed by atoms with Crippen molar-refractivity contribution < 1.29 is 14.3 Å². The van der Waals surface area contributed by atoms with Gasteiger partial charge in [0, 0.05) is 51.5 Å². The molecule has 0 aromatic carbocycles. The number of amides is 2. The SMILES string of the molecule is CCCN(CCC(=O)NCCCN1CCOCC1)C(=O)c1cnccn1. The van der Waals surface area contributed by atoms with Crippen molar-refractivity contribution in [2.45, 2.75) is 26.2 Å². The van der Waals surface area contributed by atoms with Crippen LogP contribution in [-0.2, 0) is 9.53 Å². The lowest BCUT2D eigenvalue weighted by Crippen LogP contribution is -2.39. The molecule has 0 radical (unpaired) electrons. The van der Waals surface area contributed by atoms with Gasteiger partial charge in [0.05, 0.1) is 19.4 Å². The van der Waals surface area contributed by atoms with Crippen molar-refractivity contribution in [3.8, 4) is 0 Å². The largest absolute Gasteiger partial charge is 0.379 e. The highest BCUT2D eigenvalue weighted by Crippen LogP contribution is 2.03. The van der Waals surface area contributed by atoms with Crippen LogP contribution in [0.25, 0.3) is 0 Å². The molecule has 1 fully saturated rings. The summed E-state index contributed by atoms with van der Waals surface area (Å²) in [6, 6.07) is 0. The van der Waals surface area contributed by atoms with Gasteiger partial charge in [-0.25, -0.2) is 4.98 Å². The molecule has 0 atom stereocenters. The Morgan fingerprint density at radius 3 is 2.77 bits per heavy atom. The van der Waals surface area contributed by atoms with Gasteiger partial charge in [0.25, 0.3) is 5.91 Å². The highest BCUT2D eigenvalue weighted by atomic mass is 16.5. The minimum absolute atomic E-state index is 0.0278. The lowest BCUT2D eigenvalue weighted by molar-refractivity contribution is -0.121. The summed E-state index contributed by atoms with van der Waals surface area (Å²) in [7, 11) is 0. The molecule has 0 spiro atoms. The fraction of sp³-hybridized carbons (Fsp3) is 0.667. The number of nitrogens with one attached hydrogen (secondary N) is 1. The van der Waals surface area contributed by atoms with Gasteiger partial charge in [-0.1, -0.05) is 6.92 Å². The van der Waals surface area contributed by atoms with E-state index in [2.05, 4.69) is 20.2 Å². The number of morpholine rings is 1. The van der Waals surface area contributed by atoms with Crippen LogP contribution in [0.1, 0.15) is 36.7 Å². The number of hydrogen-bond donors (Lipinski definition) is 1. The number of carbonyl (C=O) groups excluding carboxylic acids is 2. The summed E-state index contributed by atoms with van der Waals surface area (Å²) in [5, 5.41) is 2.94. The average Bonchev–Trinajstić information content (AvgIpc) is 2.69. The molecule has 0 bridgehead atoms. The number of rotatable bonds is 10. The summed E-state index contributed by atoms with van der Waals surface area (Å²) in [6.45, 7) is 8.12. The molecule has 0 aliphatic carbocycles. The molecule has 0 saturated carbocycles. The Balaban J connectivity index is 1.67. The Kier molecular flexibility index (Phi) is 8.99. The first-order chi connectivity index (χ1) is 12.7. The number of hydrogen-bond acceptors (Lipinski definition) is 6. The number of carbonyl (C=O) groups is 2. The molecule has 8 heteroatoms. The number of ether oxygens (including phenoxy) is 1. The van der Waals surface area contributed by atoms with Crippen LogP contribution in [0.15, 0.2) is 18.6 Å². The first-order valence-corrected chi connectivity index (χ1v) is 9.32. The predicted octanol–water partition coefficient (Wildman–Crippen LogP) is 0.557. The highest BCUT2D eigenvalue weighted by Gasteiger charge is 2.17. The second-order valence-corrected chi connectivity index (χ2v) is 6.29. The zero-order valence-corrected chi connectivity index (χ0v) is 15.5. The van der Waals surface area contributed by atoms with Crippen molar-refractivity contribution in [3.05, 3.63) is 24.3 Å². The van der Waals surface area contributed by atoms with E-state index < -0.39 is 0 Å². The second-order valence-electron chi connectivity index (χ2n) is 6.29. The van der Waals surface area contributed by atoms with Gasteiger partial charge in [0.15, 0.2) is 0 Å². The van der Waals surface area contributed by atoms with Gasteiger partial charge in [-0.15, -0.1) is 0 Å². The Morgan fingerprint density at radius 1 is 1.27 bits per heavy atom. The van der Waals surface area contributed by atoms with Gasteiger partial charge in [0.2, 0.25) is 5.91 Å². The summed E-state index contributed by atoms with van der Waals surface area (Å²) in [6.07, 6.45) is 6.53. The molecular formula is C18H29N5O3. The third-order valence-corrected chi connectivity index (χ3v) is 4.25. The molecule has 1 saturated heterocycles. The number of nitrogens with zero attached hydrogens (tertiary/aromatic N) is 4. The lowest BCUT2D eigenvalue weighted by atomic mass is 10.3. The van der Waals surface area contributed by atoms with Crippen molar-refractivity contribution in [1.82, 2.24) is 25.1 Å². The molecule has 0 unspecified atom stereocenters. The molecule has 26 heavy (non-hydrogen) atoms. The smallest absolute Gasteiger partial charge is 0.274 e. The zero-order chi connectivity index (χ0) is 18.6. The van der Waals surface area contributed by atoms with Gasteiger partial charge in [0.1, 0.15) is 5.69 Å². The molecule has 8 nitrogen and oxygen atoms in total. The Bertz CT molecular complexity index is 549. The van der Waals surface area contributed by atoms with E-state index in [1.807, 2.05) is 6.92 Å². The Labute approximate surface area is 154 Å². The average molecular weight is 363 g/mol. The first-order valence-electron chi connectivity index (χ1n) is 9.32. The van der Waals surface area contributed by atoms with E-state index >= 15 is 0 Å². The zero-order valence-electron chi connectivity index (χ0n) is 15.5. The maximum atomic E-state index is 12.5. The summed E-state index contributed by atoms with van der Waals surface area (Å²) < 4.78 is 5.32. The van der Waals surface area contributed by atoms with Gasteiger partial charge in [-0.2, -0.15) is 0 Å². The van der Waals surface area contributed by atoms with Gasteiger partial charge < -0.3 is 15.0 Å². The molecule has 1 aliphatic heterocycles. The molecule has 1 aromatic heterocycles. The van der Waals surface area contributed by atoms with Gasteiger partial charge in [-0.3, -0.25) is 19.5 Å². The van der Waals surface area contributed by atoms with E-state index in [4.69, 9.17) is 4.74 Å². The lowest BCUT2D eigenvalue weighted by Gasteiger charge is -2.26. The monoisotopic (exact) mass is 363 g/mol. The molecule has 2 heterocycles. The molecule has 1 aliphatic rings. The quantitative estimate of drug-likeness (QED) is 0.611. The Morgan fingerprint density at radius 2 is 2.08 bits per heavy atom. The van der Waals surface area contributed by atoms with Crippen LogP contribution in [0.3, 0.4) is 0 Å². The van der Waals surface area contributed by atoms with Crippen molar-refractivity contribution in [3.63, 3.8) is 0 Å². The molecule has 1 aromatic rings. The van der Waals surface area contributed by atoms with Crippen LogP contribution in [0, 0.1) is 0 Å². The third kappa shape index (κ3) is 7.05. The summed E-state index contributed by atoms with van der Waals surface area (Å²) in [5.41, 5.74) is 0.312. The van der Waals surface area contributed by atoms with Crippen LogP contribution in [0.2, 0.25) is 0 Å². The maximum Gasteiger partial charge on any atom is 0.274 e. The maximum absolute atomic E-state index is 12.5. The first kappa shape index (κ1) is 20.3. The minimum atomic E-state index is -0.180. The summed E-state index contributed by atoms with van der Waals surface area (Å²) >= 11 is 0. The van der Waals surface area contributed by atoms with Crippen molar-refractivity contribution >= 4 is 11.8 Å². The fourth-order valence-electron chi connectivity index (χ4n) is 2.84. The Hall–Kier alpha value is -2.06. The fourth-order valence-corrected chi connectivity index (χ4v) is 2.84. The third-order valence-electron chi connectivity index (χ3n) is 4.25. The van der Waals surface area contributed by atoms with E-state index in [-0.39, 0.29) is 11.8 Å². The molecule has 144 valence electrons. The van der Waals surface area contributed by atoms with E-state index in [9.17, 15) is 9.59 Å². The standard InChI is InChI=1S/C18H29N5O3/c1-2-8-23(18(25)16-15-19-6-7-20-16)10-4-17(24)21-5-3-9-22-11-13-26-14-12-22/h6-7,15H,2-5,8-14H2,1H3,(H,21,24). The van der Waals surface area contributed by atoms with E-state index in [0.717, 1.165) is 45.7 Å².